The number of nitrogens with two attached hydrogens (primary N) is 1. The third-order valence-corrected chi connectivity index (χ3v) is 2.94. The van der Waals surface area contributed by atoms with Crippen molar-refractivity contribution in [1.29, 1.82) is 0 Å². The van der Waals surface area contributed by atoms with E-state index in [0.717, 1.165) is 6.07 Å². The number of carbonyl (C=O) groups is 1. The van der Waals surface area contributed by atoms with Gasteiger partial charge in [-0.2, -0.15) is 0 Å². The first kappa shape index (κ1) is 15.4. The molecule has 1 aromatic heterocycles. The molecule has 0 saturated carbocycles. The quantitative estimate of drug-likeness (QED) is 0.903. The second-order valence-corrected chi connectivity index (χ2v) is 5.63. The van der Waals surface area contributed by atoms with Gasteiger partial charge in [0.1, 0.15) is 18.1 Å². The lowest BCUT2D eigenvalue weighted by atomic mass is 10.0. The first-order valence-corrected chi connectivity index (χ1v) is 6.58. The Bertz CT molecular complexity index is 665. The molecule has 0 radical (unpaired) electrons. The number of nitrogens with one attached hydrogen (secondary N) is 1. The number of hydrogen-bond acceptors (Lipinski definition) is 4. The molecule has 0 aliphatic rings. The third-order valence-electron chi connectivity index (χ3n) is 2.71. The molecular weight excluding hydrogens is 297 g/mol. The SMILES string of the molecule is CC(C)(N)c1cn(CC(=O)Nc2ccc(Cl)cc2F)nn1. The van der Waals surface area contributed by atoms with Gasteiger partial charge >= 0.3 is 0 Å². The van der Waals surface area contributed by atoms with Crippen molar-refractivity contribution in [2.75, 3.05) is 5.32 Å². The number of hydrogen-bond donors (Lipinski definition) is 2. The van der Waals surface area contributed by atoms with Crippen LogP contribution in [0, 0.1) is 5.82 Å². The first-order valence-electron chi connectivity index (χ1n) is 6.20. The summed E-state index contributed by atoms with van der Waals surface area (Å²) in [6.45, 7) is 3.47. The Hall–Kier alpha value is -1.99. The summed E-state index contributed by atoms with van der Waals surface area (Å²) in [7, 11) is 0. The van der Waals surface area contributed by atoms with E-state index in [4.69, 9.17) is 17.3 Å². The molecule has 21 heavy (non-hydrogen) atoms. The number of benzene rings is 1. The van der Waals surface area contributed by atoms with E-state index in [1.54, 1.807) is 20.0 Å². The van der Waals surface area contributed by atoms with Crippen LogP contribution in [-0.4, -0.2) is 20.9 Å². The molecule has 8 heteroatoms. The van der Waals surface area contributed by atoms with Crippen LogP contribution in [0.15, 0.2) is 24.4 Å². The van der Waals surface area contributed by atoms with E-state index in [2.05, 4.69) is 15.6 Å². The van der Waals surface area contributed by atoms with Crippen molar-refractivity contribution in [3.05, 3.63) is 40.9 Å². The molecular formula is C13H15ClFN5O. The molecule has 0 fully saturated rings. The van der Waals surface area contributed by atoms with E-state index >= 15 is 0 Å². The molecule has 0 unspecified atom stereocenters. The lowest BCUT2D eigenvalue weighted by Crippen LogP contribution is -2.29. The van der Waals surface area contributed by atoms with Gasteiger partial charge in [0.25, 0.3) is 0 Å². The number of aromatic nitrogens is 3. The van der Waals surface area contributed by atoms with Crippen molar-refractivity contribution in [2.45, 2.75) is 25.9 Å². The van der Waals surface area contributed by atoms with Gasteiger partial charge in [0, 0.05) is 5.02 Å². The summed E-state index contributed by atoms with van der Waals surface area (Å²) >= 11 is 5.64. The van der Waals surface area contributed by atoms with Crippen molar-refractivity contribution in [2.24, 2.45) is 5.73 Å². The van der Waals surface area contributed by atoms with Gasteiger partial charge in [-0.25, -0.2) is 9.07 Å². The molecule has 0 saturated heterocycles. The number of rotatable bonds is 4. The fraction of sp³-hybridized carbons (Fsp3) is 0.308. The normalized spacial score (nSPS) is 11.5. The summed E-state index contributed by atoms with van der Waals surface area (Å²) in [4.78, 5) is 11.8. The Morgan fingerprint density at radius 3 is 2.81 bits per heavy atom. The molecule has 112 valence electrons. The maximum Gasteiger partial charge on any atom is 0.246 e. The fourth-order valence-electron chi connectivity index (χ4n) is 1.60. The summed E-state index contributed by atoms with van der Waals surface area (Å²) in [6, 6.07) is 4.01. The zero-order valence-electron chi connectivity index (χ0n) is 11.6. The predicted octanol–water partition coefficient (Wildman–Crippen LogP) is 1.90. The smallest absolute Gasteiger partial charge is 0.246 e. The lowest BCUT2D eigenvalue weighted by molar-refractivity contribution is -0.116. The van der Waals surface area contributed by atoms with Crippen molar-refractivity contribution in [3.8, 4) is 0 Å². The monoisotopic (exact) mass is 311 g/mol. The van der Waals surface area contributed by atoms with E-state index < -0.39 is 17.3 Å². The van der Waals surface area contributed by atoms with Gasteiger partial charge in [-0.3, -0.25) is 4.79 Å². The van der Waals surface area contributed by atoms with Gasteiger partial charge in [-0.1, -0.05) is 16.8 Å². The van der Waals surface area contributed by atoms with Gasteiger partial charge in [-0.05, 0) is 32.0 Å². The molecule has 0 aliphatic carbocycles. The second kappa shape index (κ2) is 5.79. The summed E-state index contributed by atoms with van der Waals surface area (Å²) in [5.41, 5.74) is 5.86. The standard InChI is InChI=1S/C13H15ClFN5O/c1-13(2,16)11-6-20(19-18-11)7-12(21)17-10-4-3-8(14)5-9(10)15/h3-6H,7,16H2,1-2H3,(H,17,21). The minimum Gasteiger partial charge on any atom is -0.322 e. The molecule has 6 nitrogen and oxygen atoms in total. The minimum absolute atomic E-state index is 0.0592. The summed E-state index contributed by atoms with van der Waals surface area (Å²) in [5, 5.41) is 10.4. The number of nitrogens with zero attached hydrogens (tertiary/aromatic N) is 3. The molecule has 2 aromatic rings. The van der Waals surface area contributed by atoms with Crippen LogP contribution in [0.5, 0.6) is 0 Å². The van der Waals surface area contributed by atoms with Crippen LogP contribution in [0.2, 0.25) is 5.02 Å². The molecule has 0 spiro atoms. The predicted molar refractivity (Wildman–Crippen MR) is 77.3 cm³/mol. The van der Waals surface area contributed by atoms with Crippen LogP contribution in [0.4, 0.5) is 10.1 Å². The van der Waals surface area contributed by atoms with Crippen LogP contribution in [0.3, 0.4) is 0 Å². The van der Waals surface area contributed by atoms with E-state index in [1.165, 1.54) is 16.8 Å². The third kappa shape index (κ3) is 3.99. The van der Waals surface area contributed by atoms with Crippen LogP contribution >= 0.6 is 11.6 Å². The highest BCUT2D eigenvalue weighted by Crippen LogP contribution is 2.19. The summed E-state index contributed by atoms with van der Waals surface area (Å²) < 4.78 is 14.9. The van der Waals surface area contributed by atoms with Crippen LogP contribution in [0.25, 0.3) is 0 Å². The molecule has 0 aliphatic heterocycles. The number of amides is 1. The average Bonchev–Trinajstić information content (AvgIpc) is 2.81. The molecule has 1 amide bonds. The minimum atomic E-state index is -0.642. The van der Waals surface area contributed by atoms with Crippen molar-refractivity contribution < 1.29 is 9.18 Å². The largest absolute Gasteiger partial charge is 0.322 e. The van der Waals surface area contributed by atoms with Crippen LogP contribution < -0.4 is 11.1 Å². The topological polar surface area (TPSA) is 85.8 Å². The lowest BCUT2D eigenvalue weighted by Gasteiger charge is -2.13. The Morgan fingerprint density at radius 1 is 1.52 bits per heavy atom. The van der Waals surface area contributed by atoms with E-state index in [1.807, 2.05) is 0 Å². The van der Waals surface area contributed by atoms with E-state index in [-0.39, 0.29) is 17.3 Å². The van der Waals surface area contributed by atoms with Crippen molar-refractivity contribution in [3.63, 3.8) is 0 Å². The molecule has 1 heterocycles. The van der Waals surface area contributed by atoms with E-state index in [0.29, 0.717) is 5.69 Å². The summed E-state index contributed by atoms with van der Waals surface area (Å²) in [5.74, 6) is -1.03. The zero-order valence-corrected chi connectivity index (χ0v) is 12.4. The van der Waals surface area contributed by atoms with Crippen molar-refractivity contribution >= 4 is 23.2 Å². The number of carbonyl (C=O) groups excluding carboxylic acids is 1. The van der Waals surface area contributed by atoms with Gasteiger partial charge in [0.05, 0.1) is 17.4 Å². The van der Waals surface area contributed by atoms with Crippen LogP contribution in [-0.2, 0) is 16.9 Å². The van der Waals surface area contributed by atoms with Gasteiger partial charge in [0.15, 0.2) is 0 Å². The Balaban J connectivity index is 2.03. The fourth-order valence-corrected chi connectivity index (χ4v) is 1.76. The number of halogens is 2. The zero-order chi connectivity index (χ0) is 15.6. The van der Waals surface area contributed by atoms with Gasteiger partial charge < -0.3 is 11.1 Å². The number of anilines is 1. The highest BCUT2D eigenvalue weighted by molar-refractivity contribution is 6.30. The van der Waals surface area contributed by atoms with Crippen LogP contribution in [0.1, 0.15) is 19.5 Å². The Morgan fingerprint density at radius 2 is 2.24 bits per heavy atom. The molecule has 0 bridgehead atoms. The second-order valence-electron chi connectivity index (χ2n) is 5.20. The highest BCUT2D eigenvalue weighted by Gasteiger charge is 2.19. The van der Waals surface area contributed by atoms with E-state index in [9.17, 15) is 9.18 Å². The molecule has 0 atom stereocenters. The molecule has 2 rings (SSSR count). The van der Waals surface area contributed by atoms with Gasteiger partial charge in [0.2, 0.25) is 5.91 Å². The Labute approximate surface area is 126 Å². The molecule has 3 N–H and O–H groups in total. The Kier molecular flexibility index (Phi) is 4.24. The highest BCUT2D eigenvalue weighted by atomic mass is 35.5. The van der Waals surface area contributed by atoms with Crippen molar-refractivity contribution in [1.82, 2.24) is 15.0 Å². The average molecular weight is 312 g/mol. The first-order chi connectivity index (χ1) is 9.75. The maximum atomic E-state index is 13.6. The molecule has 1 aromatic carbocycles. The van der Waals surface area contributed by atoms with Gasteiger partial charge in [-0.15, -0.1) is 5.10 Å². The maximum absolute atomic E-state index is 13.6. The summed E-state index contributed by atoms with van der Waals surface area (Å²) in [6.07, 6.45) is 1.58.